The summed E-state index contributed by atoms with van der Waals surface area (Å²) in [5, 5.41) is 2.69. The lowest BCUT2D eigenvalue weighted by molar-refractivity contribution is -0.129. The monoisotopic (exact) mass is 372 g/mol. The molecule has 0 bridgehead atoms. The zero-order chi connectivity index (χ0) is 19.8. The van der Waals surface area contributed by atoms with Crippen molar-refractivity contribution in [3.05, 3.63) is 29.8 Å². The Labute approximate surface area is 160 Å². The van der Waals surface area contributed by atoms with E-state index in [0.29, 0.717) is 18.2 Å². The Morgan fingerprint density at radius 1 is 1.41 bits per heavy atom. The highest BCUT2D eigenvalue weighted by molar-refractivity contribution is 6.05. The Kier molecular flexibility index (Phi) is 4.88. The number of nitrogens with zero attached hydrogens (tertiary/aromatic N) is 2. The van der Waals surface area contributed by atoms with Gasteiger partial charge in [-0.1, -0.05) is 12.1 Å². The fourth-order valence-electron chi connectivity index (χ4n) is 3.12. The highest BCUT2D eigenvalue weighted by Crippen LogP contribution is 2.36. The second kappa shape index (κ2) is 6.87. The molecule has 0 saturated heterocycles. The number of rotatable bonds is 3. The van der Waals surface area contributed by atoms with Gasteiger partial charge in [-0.05, 0) is 64.2 Å². The number of ether oxygens (including phenoxy) is 1. The molecule has 3 N–H and O–H groups in total. The number of benzene rings is 1. The number of alkyl carbamates (subject to hydrolysis) is 1. The standard InChI is InChI=1S/C20H28N4O3/c1-19(2,3)27-18(26)22-17-23-20(4,14-6-5-7-15(21)10-14)11-16(25)24(17)12-13-8-9-13/h5-7,10,13H,8-9,11-12,21H2,1-4H3,(H,22,23,26)/t20-/m0/s1. The van der Waals surface area contributed by atoms with Crippen LogP contribution >= 0.6 is 0 Å². The summed E-state index contributed by atoms with van der Waals surface area (Å²) >= 11 is 0. The first-order valence-corrected chi connectivity index (χ1v) is 9.32. The smallest absolute Gasteiger partial charge is 0.414 e. The van der Waals surface area contributed by atoms with Gasteiger partial charge in [0.1, 0.15) is 5.60 Å². The third kappa shape index (κ3) is 4.78. The normalized spacial score (nSPS) is 23.0. The minimum atomic E-state index is -0.795. The van der Waals surface area contributed by atoms with Gasteiger partial charge in [0, 0.05) is 12.2 Å². The van der Waals surface area contributed by atoms with Crippen LogP contribution in [0, 0.1) is 5.92 Å². The molecule has 7 nitrogen and oxygen atoms in total. The number of nitrogens with two attached hydrogens (primary N) is 1. The van der Waals surface area contributed by atoms with Gasteiger partial charge in [-0.25, -0.2) is 9.79 Å². The fraction of sp³-hybridized carbons (Fsp3) is 0.550. The average Bonchev–Trinajstić information content (AvgIpc) is 3.33. The number of aliphatic imine (C=N–C) groups is 1. The number of nitrogen functional groups attached to an aromatic ring is 1. The summed E-state index contributed by atoms with van der Waals surface area (Å²) in [5.74, 6) is 0.654. The van der Waals surface area contributed by atoms with Crippen LogP contribution in [0.1, 0.15) is 52.5 Å². The number of carbonyl (C=O) groups excluding carboxylic acids is 2. The Bertz CT molecular complexity index is 780. The van der Waals surface area contributed by atoms with Crippen LogP contribution < -0.4 is 11.1 Å². The van der Waals surface area contributed by atoms with E-state index in [-0.39, 0.29) is 18.3 Å². The first-order valence-electron chi connectivity index (χ1n) is 9.32. The third-order valence-corrected chi connectivity index (χ3v) is 4.66. The number of anilines is 1. The maximum Gasteiger partial charge on any atom is 0.414 e. The summed E-state index contributed by atoms with van der Waals surface area (Å²) in [5.41, 5.74) is 5.93. The largest absolute Gasteiger partial charge is 0.444 e. The average molecular weight is 372 g/mol. The molecule has 0 unspecified atom stereocenters. The lowest BCUT2D eigenvalue weighted by atomic mass is 9.87. The fourth-order valence-corrected chi connectivity index (χ4v) is 3.12. The quantitative estimate of drug-likeness (QED) is 0.797. The van der Waals surface area contributed by atoms with E-state index in [2.05, 4.69) is 5.32 Å². The Morgan fingerprint density at radius 3 is 2.70 bits per heavy atom. The van der Waals surface area contributed by atoms with Crippen LogP contribution in [0.3, 0.4) is 0 Å². The Hall–Kier alpha value is -2.57. The molecule has 1 atom stereocenters. The predicted octanol–water partition coefficient (Wildman–Crippen LogP) is 3.01. The van der Waals surface area contributed by atoms with E-state index >= 15 is 0 Å². The van der Waals surface area contributed by atoms with Crippen LogP contribution in [0.5, 0.6) is 0 Å². The van der Waals surface area contributed by atoms with E-state index < -0.39 is 17.2 Å². The van der Waals surface area contributed by atoms with Gasteiger partial charge in [0.15, 0.2) is 0 Å². The van der Waals surface area contributed by atoms with Crippen LogP contribution in [0.25, 0.3) is 0 Å². The molecule has 0 aromatic heterocycles. The van der Waals surface area contributed by atoms with Crippen molar-refractivity contribution >= 4 is 23.6 Å². The van der Waals surface area contributed by atoms with Crippen LogP contribution in [-0.2, 0) is 15.1 Å². The summed E-state index contributed by atoms with van der Waals surface area (Å²) in [6, 6.07) is 7.35. The van der Waals surface area contributed by atoms with Gasteiger partial charge < -0.3 is 10.5 Å². The molecule has 2 aliphatic rings. The molecule has 1 aromatic carbocycles. The lowest BCUT2D eigenvalue weighted by Gasteiger charge is -2.37. The first kappa shape index (κ1) is 19.2. The topological polar surface area (TPSA) is 97.0 Å². The minimum absolute atomic E-state index is 0.0621. The molecular formula is C20H28N4O3. The molecule has 1 aliphatic heterocycles. The van der Waals surface area contributed by atoms with Crippen molar-refractivity contribution in [3.63, 3.8) is 0 Å². The van der Waals surface area contributed by atoms with Gasteiger partial charge in [-0.3, -0.25) is 15.0 Å². The van der Waals surface area contributed by atoms with Crippen molar-refractivity contribution < 1.29 is 14.3 Å². The Morgan fingerprint density at radius 2 is 2.11 bits per heavy atom. The van der Waals surface area contributed by atoms with Crippen LogP contribution in [0.2, 0.25) is 0 Å². The summed E-state index contributed by atoms with van der Waals surface area (Å²) in [7, 11) is 0. The molecule has 1 heterocycles. The van der Waals surface area contributed by atoms with Gasteiger partial charge >= 0.3 is 6.09 Å². The van der Waals surface area contributed by atoms with Crippen molar-refractivity contribution in [2.24, 2.45) is 10.9 Å². The number of amides is 2. The zero-order valence-electron chi connectivity index (χ0n) is 16.4. The van der Waals surface area contributed by atoms with Crippen LogP contribution in [-0.4, -0.2) is 35.0 Å². The first-order chi connectivity index (χ1) is 12.6. The van der Waals surface area contributed by atoms with Crippen molar-refractivity contribution in [1.82, 2.24) is 10.2 Å². The van der Waals surface area contributed by atoms with Crippen molar-refractivity contribution in [2.45, 2.75) is 58.1 Å². The van der Waals surface area contributed by atoms with E-state index in [1.807, 2.05) is 25.1 Å². The molecule has 0 spiro atoms. The van der Waals surface area contributed by atoms with E-state index in [9.17, 15) is 9.59 Å². The SMILES string of the molecule is CC(C)(C)OC(=O)NC1=N[C@](C)(c2cccc(N)c2)CC(=O)N1CC1CC1. The second-order valence-corrected chi connectivity index (χ2v) is 8.59. The molecule has 0 radical (unpaired) electrons. The lowest BCUT2D eigenvalue weighted by Crippen LogP contribution is -2.54. The molecule has 1 fully saturated rings. The van der Waals surface area contributed by atoms with Crippen LogP contribution in [0.15, 0.2) is 29.3 Å². The van der Waals surface area contributed by atoms with Crippen molar-refractivity contribution in [1.29, 1.82) is 0 Å². The number of guanidine groups is 1. The minimum Gasteiger partial charge on any atom is -0.444 e. The summed E-state index contributed by atoms with van der Waals surface area (Å²) in [6.45, 7) is 7.82. The molecule has 2 amide bonds. The molecular weight excluding hydrogens is 344 g/mol. The molecule has 1 aromatic rings. The maximum absolute atomic E-state index is 12.9. The second-order valence-electron chi connectivity index (χ2n) is 8.59. The molecule has 27 heavy (non-hydrogen) atoms. The van der Waals surface area contributed by atoms with Gasteiger partial charge in [0.05, 0.1) is 12.0 Å². The van der Waals surface area contributed by atoms with Crippen LogP contribution in [0.4, 0.5) is 10.5 Å². The number of nitrogens with one attached hydrogen (secondary N) is 1. The number of hydrogen-bond acceptors (Lipinski definition) is 5. The summed E-state index contributed by atoms with van der Waals surface area (Å²) in [6.07, 6.45) is 1.79. The zero-order valence-corrected chi connectivity index (χ0v) is 16.4. The molecule has 1 saturated carbocycles. The van der Waals surface area contributed by atoms with Gasteiger partial charge in [-0.2, -0.15) is 0 Å². The highest BCUT2D eigenvalue weighted by Gasteiger charge is 2.41. The van der Waals surface area contributed by atoms with Crippen molar-refractivity contribution in [3.8, 4) is 0 Å². The molecule has 7 heteroatoms. The summed E-state index contributed by atoms with van der Waals surface area (Å²) < 4.78 is 5.35. The van der Waals surface area contributed by atoms with Gasteiger partial charge in [-0.15, -0.1) is 0 Å². The van der Waals surface area contributed by atoms with Gasteiger partial charge in [0.2, 0.25) is 11.9 Å². The highest BCUT2D eigenvalue weighted by atomic mass is 16.6. The van der Waals surface area contributed by atoms with Crippen molar-refractivity contribution in [2.75, 3.05) is 12.3 Å². The predicted molar refractivity (Wildman–Crippen MR) is 104 cm³/mol. The van der Waals surface area contributed by atoms with E-state index in [4.69, 9.17) is 15.5 Å². The number of hydrogen-bond donors (Lipinski definition) is 2. The molecule has 3 rings (SSSR count). The maximum atomic E-state index is 12.9. The molecule has 146 valence electrons. The van der Waals surface area contributed by atoms with E-state index in [0.717, 1.165) is 18.4 Å². The van der Waals surface area contributed by atoms with E-state index in [1.165, 1.54) is 0 Å². The summed E-state index contributed by atoms with van der Waals surface area (Å²) in [4.78, 5) is 31.6. The third-order valence-electron chi connectivity index (χ3n) is 4.66. The molecule has 1 aliphatic carbocycles. The van der Waals surface area contributed by atoms with Gasteiger partial charge in [0.25, 0.3) is 0 Å². The Balaban J connectivity index is 1.92. The van der Waals surface area contributed by atoms with E-state index in [1.54, 1.807) is 31.7 Å². The number of carbonyl (C=O) groups is 2.